The number of nitrogens with two attached hydrogens (primary N) is 1. The fourth-order valence-corrected chi connectivity index (χ4v) is 4.15. The molecule has 1 aromatic carbocycles. The molecule has 3 N–H and O–H groups in total. The van der Waals surface area contributed by atoms with Gasteiger partial charge in [-0.3, -0.25) is 14.4 Å². The summed E-state index contributed by atoms with van der Waals surface area (Å²) in [6.45, 7) is -1.19. The Kier molecular flexibility index (Phi) is 7.67. The van der Waals surface area contributed by atoms with E-state index >= 15 is 0 Å². The molecule has 0 spiro atoms. The molecular weight excluding hydrogens is 406 g/mol. The average molecular weight is 425 g/mol. The largest absolute Gasteiger partial charge is 0.455 e. The van der Waals surface area contributed by atoms with Crippen LogP contribution in [0.15, 0.2) is 52.1 Å². The minimum atomic E-state index is -3.81. The quantitative estimate of drug-likeness (QED) is 0.531. The molecule has 0 atom stereocenters. The number of benzene rings is 1. The van der Waals surface area contributed by atoms with Crippen molar-refractivity contribution in [3.8, 4) is 0 Å². The van der Waals surface area contributed by atoms with Crippen molar-refractivity contribution in [2.75, 3.05) is 24.6 Å². The summed E-state index contributed by atoms with van der Waals surface area (Å²) in [6.07, 6.45) is -0.0603. The number of anilines is 1. The molecule has 150 valence electrons. The zero-order chi connectivity index (χ0) is 20.6. The zero-order valence-electron chi connectivity index (χ0n) is 14.7. The highest BCUT2D eigenvalue weighted by molar-refractivity contribution is 7.91. The number of para-hydroxylation sites is 1. The molecule has 0 fully saturated rings. The van der Waals surface area contributed by atoms with Crippen LogP contribution >= 0.6 is 11.3 Å². The van der Waals surface area contributed by atoms with Crippen molar-refractivity contribution in [3.05, 3.63) is 47.8 Å². The number of nitrogens with zero attached hydrogens (tertiary/aromatic N) is 1. The van der Waals surface area contributed by atoms with E-state index in [1.807, 2.05) is 0 Å². The lowest BCUT2D eigenvalue weighted by molar-refractivity contribution is -0.146. The maximum absolute atomic E-state index is 12.4. The smallest absolute Gasteiger partial charge is 0.321 e. The van der Waals surface area contributed by atoms with Crippen LogP contribution in [0, 0.1) is 0 Å². The van der Waals surface area contributed by atoms with Gasteiger partial charge in [0.2, 0.25) is 5.91 Å². The molecule has 0 unspecified atom stereocenters. The first-order chi connectivity index (χ1) is 13.3. The summed E-state index contributed by atoms with van der Waals surface area (Å²) in [5.74, 6) is -2.05. The standard InChI is InChI=1S/C17H19N3O6S2/c18-14(21)8-9-20(13-5-2-1-3-6-13)15(22)12-26-16(23)11-19-28(24,25)17-7-4-10-27-17/h1-7,10,19H,8-9,11-12H2,(H2,18,21). The molecule has 0 aliphatic rings. The molecule has 28 heavy (non-hydrogen) atoms. The van der Waals surface area contributed by atoms with Crippen LogP contribution in [0.25, 0.3) is 0 Å². The topological polar surface area (TPSA) is 136 Å². The van der Waals surface area contributed by atoms with Gasteiger partial charge in [0, 0.05) is 18.7 Å². The molecule has 9 nitrogen and oxygen atoms in total. The van der Waals surface area contributed by atoms with Crippen molar-refractivity contribution in [2.45, 2.75) is 10.6 Å². The second-order valence-corrected chi connectivity index (χ2v) is 8.46. The predicted molar refractivity (Wildman–Crippen MR) is 103 cm³/mol. The van der Waals surface area contributed by atoms with Crippen molar-refractivity contribution in [2.24, 2.45) is 5.73 Å². The zero-order valence-corrected chi connectivity index (χ0v) is 16.4. The monoisotopic (exact) mass is 425 g/mol. The third-order valence-corrected chi connectivity index (χ3v) is 6.27. The van der Waals surface area contributed by atoms with Gasteiger partial charge in [-0.25, -0.2) is 8.42 Å². The molecule has 2 amide bonds. The Hall–Kier alpha value is -2.76. The number of ether oxygens (including phenoxy) is 1. The third-order valence-electron chi connectivity index (χ3n) is 3.47. The van der Waals surface area contributed by atoms with Crippen LogP contribution in [0.4, 0.5) is 5.69 Å². The number of esters is 1. The molecule has 2 aromatic rings. The number of hydrogen-bond acceptors (Lipinski definition) is 7. The highest BCUT2D eigenvalue weighted by atomic mass is 32.2. The highest BCUT2D eigenvalue weighted by Crippen LogP contribution is 2.15. The number of primary amides is 1. The number of nitrogens with one attached hydrogen (secondary N) is 1. The van der Waals surface area contributed by atoms with Gasteiger partial charge in [0.25, 0.3) is 15.9 Å². The SMILES string of the molecule is NC(=O)CCN(C(=O)COC(=O)CNS(=O)(=O)c1cccs1)c1ccccc1. The van der Waals surface area contributed by atoms with Gasteiger partial charge >= 0.3 is 5.97 Å². The van der Waals surface area contributed by atoms with Gasteiger partial charge in [0.15, 0.2) is 6.61 Å². The number of rotatable bonds is 10. The Morgan fingerprint density at radius 2 is 1.82 bits per heavy atom. The van der Waals surface area contributed by atoms with Crippen molar-refractivity contribution >= 4 is 44.8 Å². The van der Waals surface area contributed by atoms with E-state index in [4.69, 9.17) is 10.5 Å². The Balaban J connectivity index is 1.90. The van der Waals surface area contributed by atoms with E-state index in [0.29, 0.717) is 5.69 Å². The molecule has 1 aromatic heterocycles. The lowest BCUT2D eigenvalue weighted by atomic mass is 10.2. The number of thiophene rings is 1. The molecule has 0 saturated carbocycles. The maximum atomic E-state index is 12.4. The van der Waals surface area contributed by atoms with Crippen molar-refractivity contribution in [1.29, 1.82) is 0 Å². The molecule has 0 aliphatic carbocycles. The van der Waals surface area contributed by atoms with Gasteiger partial charge in [-0.2, -0.15) is 4.72 Å². The minimum absolute atomic E-state index is 0.0285. The van der Waals surface area contributed by atoms with Crippen LogP contribution in [0.5, 0.6) is 0 Å². The second kappa shape index (κ2) is 9.97. The molecule has 0 bridgehead atoms. The van der Waals surface area contributed by atoms with Crippen LogP contribution in [0.3, 0.4) is 0 Å². The second-order valence-electron chi connectivity index (χ2n) is 5.51. The van der Waals surface area contributed by atoms with E-state index in [2.05, 4.69) is 4.72 Å². The number of carbonyl (C=O) groups excluding carboxylic acids is 3. The molecule has 11 heteroatoms. The van der Waals surface area contributed by atoms with Gasteiger partial charge < -0.3 is 15.4 Å². The molecule has 0 saturated heterocycles. The van der Waals surface area contributed by atoms with E-state index in [1.165, 1.54) is 11.0 Å². The molecule has 1 heterocycles. The Bertz CT molecular complexity index is 914. The van der Waals surface area contributed by atoms with Crippen LogP contribution in [-0.4, -0.2) is 45.9 Å². The number of amides is 2. The van der Waals surface area contributed by atoms with Gasteiger partial charge in [0.05, 0.1) is 0 Å². The van der Waals surface area contributed by atoms with Gasteiger partial charge in [0.1, 0.15) is 10.8 Å². The van der Waals surface area contributed by atoms with Crippen molar-refractivity contribution in [1.82, 2.24) is 4.72 Å². The van der Waals surface area contributed by atoms with E-state index in [1.54, 1.807) is 41.8 Å². The van der Waals surface area contributed by atoms with Crippen molar-refractivity contribution in [3.63, 3.8) is 0 Å². The normalized spacial score (nSPS) is 11.0. The fourth-order valence-electron chi connectivity index (χ4n) is 2.14. The minimum Gasteiger partial charge on any atom is -0.455 e. The van der Waals surface area contributed by atoms with Gasteiger partial charge in [-0.15, -0.1) is 11.3 Å². The van der Waals surface area contributed by atoms with Gasteiger partial charge in [-0.1, -0.05) is 24.3 Å². The summed E-state index contributed by atoms with van der Waals surface area (Å²) in [7, 11) is -3.81. The number of sulfonamides is 1. The third kappa shape index (κ3) is 6.44. The summed E-state index contributed by atoms with van der Waals surface area (Å²) >= 11 is 1.01. The van der Waals surface area contributed by atoms with E-state index in [9.17, 15) is 22.8 Å². The summed E-state index contributed by atoms with van der Waals surface area (Å²) in [6, 6.07) is 11.5. The molecular formula is C17H19N3O6S2. The Labute approximate surface area is 166 Å². The summed E-state index contributed by atoms with van der Waals surface area (Å²) in [5.41, 5.74) is 5.65. The Morgan fingerprint density at radius 1 is 1.11 bits per heavy atom. The summed E-state index contributed by atoms with van der Waals surface area (Å²) < 4.78 is 30.9. The summed E-state index contributed by atoms with van der Waals surface area (Å²) in [5, 5.41) is 1.59. The predicted octanol–water partition coefficient (Wildman–Crippen LogP) is 0.478. The first-order valence-corrected chi connectivity index (χ1v) is 10.5. The lowest BCUT2D eigenvalue weighted by Gasteiger charge is -2.22. The first kappa shape index (κ1) is 21.5. The van der Waals surface area contributed by atoms with Crippen LogP contribution in [0.1, 0.15) is 6.42 Å². The fraction of sp³-hybridized carbons (Fsp3) is 0.235. The lowest BCUT2D eigenvalue weighted by Crippen LogP contribution is -2.38. The van der Waals surface area contributed by atoms with Crippen LogP contribution in [-0.2, 0) is 29.1 Å². The molecule has 0 aliphatic heterocycles. The van der Waals surface area contributed by atoms with Crippen LogP contribution in [0.2, 0.25) is 0 Å². The maximum Gasteiger partial charge on any atom is 0.321 e. The molecule has 0 radical (unpaired) electrons. The van der Waals surface area contributed by atoms with E-state index in [-0.39, 0.29) is 17.2 Å². The number of carbonyl (C=O) groups is 3. The molecule has 2 rings (SSSR count). The van der Waals surface area contributed by atoms with Gasteiger partial charge in [-0.05, 0) is 23.6 Å². The number of hydrogen-bond donors (Lipinski definition) is 2. The average Bonchev–Trinajstić information content (AvgIpc) is 3.21. The summed E-state index contributed by atoms with van der Waals surface area (Å²) in [4.78, 5) is 36.5. The Morgan fingerprint density at radius 3 is 2.43 bits per heavy atom. The van der Waals surface area contributed by atoms with E-state index in [0.717, 1.165) is 11.3 Å². The van der Waals surface area contributed by atoms with E-state index < -0.39 is 41.0 Å². The first-order valence-electron chi connectivity index (χ1n) is 8.12. The highest BCUT2D eigenvalue weighted by Gasteiger charge is 2.20. The van der Waals surface area contributed by atoms with Crippen LogP contribution < -0.4 is 15.4 Å². The van der Waals surface area contributed by atoms with Crippen molar-refractivity contribution < 1.29 is 27.5 Å².